The van der Waals surface area contributed by atoms with E-state index in [0.717, 1.165) is 49.8 Å². The van der Waals surface area contributed by atoms with E-state index in [4.69, 9.17) is 4.74 Å². The number of anilines is 1. The first-order chi connectivity index (χ1) is 10.7. The van der Waals surface area contributed by atoms with Gasteiger partial charge in [-0.05, 0) is 42.0 Å². The van der Waals surface area contributed by atoms with Crippen molar-refractivity contribution < 1.29 is 13.5 Å². The summed E-state index contributed by atoms with van der Waals surface area (Å²) in [6.45, 7) is 3.26. The monoisotopic (exact) mass is 302 g/mol. The predicted molar refractivity (Wildman–Crippen MR) is 83.1 cm³/mol. The highest BCUT2D eigenvalue weighted by Gasteiger charge is 2.10. The number of aliphatic imine (C=N–C) groups is 1. The number of rotatable bonds is 3. The maximum absolute atomic E-state index is 13.1. The number of halogens is 2. The van der Waals surface area contributed by atoms with Gasteiger partial charge in [-0.2, -0.15) is 0 Å². The fourth-order valence-electron chi connectivity index (χ4n) is 2.31. The van der Waals surface area contributed by atoms with E-state index >= 15 is 0 Å². The first kappa shape index (κ1) is 14.7. The van der Waals surface area contributed by atoms with Gasteiger partial charge in [-0.25, -0.2) is 8.78 Å². The molecular weight excluding hydrogens is 286 g/mol. The van der Waals surface area contributed by atoms with Crippen LogP contribution in [0.4, 0.5) is 20.2 Å². The molecule has 0 bridgehead atoms. The Morgan fingerprint density at radius 2 is 1.68 bits per heavy atom. The van der Waals surface area contributed by atoms with E-state index in [-0.39, 0.29) is 0 Å². The molecule has 0 amide bonds. The number of ether oxygens (including phenoxy) is 1. The van der Waals surface area contributed by atoms with Crippen LogP contribution in [0.1, 0.15) is 5.56 Å². The lowest BCUT2D eigenvalue weighted by Crippen LogP contribution is -2.36. The molecule has 114 valence electrons. The second kappa shape index (κ2) is 6.66. The highest BCUT2D eigenvalue weighted by atomic mass is 19.2. The van der Waals surface area contributed by atoms with Crippen LogP contribution in [-0.2, 0) is 4.74 Å². The Morgan fingerprint density at radius 3 is 2.36 bits per heavy atom. The maximum Gasteiger partial charge on any atom is 0.159 e. The van der Waals surface area contributed by atoms with Crippen LogP contribution in [0.5, 0.6) is 0 Å². The van der Waals surface area contributed by atoms with E-state index in [1.54, 1.807) is 0 Å². The fraction of sp³-hybridized carbons (Fsp3) is 0.235. The van der Waals surface area contributed by atoms with Crippen molar-refractivity contribution in [2.45, 2.75) is 0 Å². The molecule has 0 unspecified atom stereocenters. The van der Waals surface area contributed by atoms with E-state index < -0.39 is 11.6 Å². The van der Waals surface area contributed by atoms with Gasteiger partial charge in [0.25, 0.3) is 0 Å². The topological polar surface area (TPSA) is 24.8 Å². The van der Waals surface area contributed by atoms with E-state index in [1.807, 2.05) is 24.3 Å². The largest absolute Gasteiger partial charge is 0.378 e. The van der Waals surface area contributed by atoms with Crippen LogP contribution >= 0.6 is 0 Å². The van der Waals surface area contributed by atoms with Crippen molar-refractivity contribution in [1.82, 2.24) is 0 Å². The molecule has 0 spiro atoms. The van der Waals surface area contributed by atoms with Crippen LogP contribution in [-0.4, -0.2) is 32.5 Å². The lowest BCUT2D eigenvalue weighted by Gasteiger charge is -2.28. The smallest absolute Gasteiger partial charge is 0.159 e. The van der Waals surface area contributed by atoms with E-state index in [0.29, 0.717) is 5.56 Å². The maximum atomic E-state index is 13.1. The molecule has 2 aromatic rings. The Balaban J connectivity index is 1.69. The summed E-state index contributed by atoms with van der Waals surface area (Å²) < 4.78 is 31.3. The first-order valence-corrected chi connectivity index (χ1v) is 7.14. The molecule has 2 aromatic carbocycles. The van der Waals surface area contributed by atoms with Crippen molar-refractivity contribution in [3.63, 3.8) is 0 Å². The zero-order valence-electron chi connectivity index (χ0n) is 12.0. The van der Waals surface area contributed by atoms with Crippen LogP contribution in [0.3, 0.4) is 0 Å². The molecule has 0 aromatic heterocycles. The van der Waals surface area contributed by atoms with Gasteiger partial charge in [0.15, 0.2) is 11.6 Å². The van der Waals surface area contributed by atoms with Gasteiger partial charge in [0.2, 0.25) is 0 Å². The van der Waals surface area contributed by atoms with Crippen LogP contribution in [0, 0.1) is 11.6 Å². The molecule has 0 atom stereocenters. The summed E-state index contributed by atoms with van der Waals surface area (Å²) in [5, 5.41) is 0. The Hall–Kier alpha value is -2.27. The number of nitrogens with zero attached hydrogens (tertiary/aromatic N) is 2. The molecule has 5 heteroatoms. The Labute approximate surface area is 127 Å². The Morgan fingerprint density at radius 1 is 0.955 bits per heavy atom. The minimum absolute atomic E-state index is 0.524. The SMILES string of the molecule is Fc1ccc(C=Nc2ccc(N3CCOCC3)cc2)cc1F. The number of morpholine rings is 1. The third-order valence-corrected chi connectivity index (χ3v) is 3.53. The molecule has 0 radical (unpaired) electrons. The van der Waals surface area contributed by atoms with Gasteiger partial charge in [-0.1, -0.05) is 6.07 Å². The summed E-state index contributed by atoms with van der Waals surface area (Å²) in [5.74, 6) is -1.72. The normalized spacial score (nSPS) is 15.5. The van der Waals surface area contributed by atoms with E-state index in [2.05, 4.69) is 9.89 Å². The molecular formula is C17H16F2N2O. The molecule has 1 saturated heterocycles. The van der Waals surface area contributed by atoms with Crippen molar-refractivity contribution in [3.8, 4) is 0 Å². The van der Waals surface area contributed by atoms with Crippen molar-refractivity contribution in [2.75, 3.05) is 31.2 Å². The molecule has 1 aliphatic heterocycles. The van der Waals surface area contributed by atoms with E-state index in [1.165, 1.54) is 12.3 Å². The molecule has 1 fully saturated rings. The zero-order valence-corrected chi connectivity index (χ0v) is 12.0. The second-order valence-electron chi connectivity index (χ2n) is 5.05. The van der Waals surface area contributed by atoms with Crippen LogP contribution in [0.15, 0.2) is 47.5 Å². The minimum Gasteiger partial charge on any atom is -0.378 e. The molecule has 0 aliphatic carbocycles. The molecule has 0 saturated carbocycles. The third kappa shape index (κ3) is 3.49. The predicted octanol–water partition coefficient (Wildman–Crippen LogP) is 3.55. The van der Waals surface area contributed by atoms with Crippen molar-refractivity contribution in [2.24, 2.45) is 4.99 Å². The molecule has 0 N–H and O–H groups in total. The highest BCUT2D eigenvalue weighted by molar-refractivity contribution is 5.82. The van der Waals surface area contributed by atoms with Crippen molar-refractivity contribution in [1.29, 1.82) is 0 Å². The van der Waals surface area contributed by atoms with E-state index in [9.17, 15) is 8.78 Å². The Bertz CT molecular complexity index is 665. The highest BCUT2D eigenvalue weighted by Crippen LogP contribution is 2.20. The zero-order chi connectivity index (χ0) is 15.4. The summed E-state index contributed by atoms with van der Waals surface area (Å²) in [6.07, 6.45) is 1.52. The average molecular weight is 302 g/mol. The quantitative estimate of drug-likeness (QED) is 0.810. The van der Waals surface area contributed by atoms with Gasteiger partial charge >= 0.3 is 0 Å². The second-order valence-corrected chi connectivity index (χ2v) is 5.05. The fourth-order valence-corrected chi connectivity index (χ4v) is 2.31. The number of hydrogen-bond donors (Lipinski definition) is 0. The van der Waals surface area contributed by atoms with Gasteiger partial charge in [-0.3, -0.25) is 4.99 Å². The molecule has 3 nitrogen and oxygen atoms in total. The number of hydrogen-bond acceptors (Lipinski definition) is 3. The summed E-state index contributed by atoms with van der Waals surface area (Å²) in [4.78, 5) is 6.53. The van der Waals surface area contributed by atoms with Crippen molar-refractivity contribution in [3.05, 3.63) is 59.7 Å². The van der Waals surface area contributed by atoms with Crippen molar-refractivity contribution >= 4 is 17.6 Å². The molecule has 1 heterocycles. The van der Waals surface area contributed by atoms with Crippen LogP contribution in [0.25, 0.3) is 0 Å². The third-order valence-electron chi connectivity index (χ3n) is 3.53. The Kier molecular flexibility index (Phi) is 4.44. The summed E-state index contributed by atoms with van der Waals surface area (Å²) in [5.41, 5.74) is 2.42. The van der Waals surface area contributed by atoms with Gasteiger partial charge in [0.1, 0.15) is 0 Å². The van der Waals surface area contributed by atoms with Gasteiger partial charge < -0.3 is 9.64 Å². The van der Waals surface area contributed by atoms with Crippen LogP contribution < -0.4 is 4.90 Å². The first-order valence-electron chi connectivity index (χ1n) is 7.14. The molecule has 3 rings (SSSR count). The van der Waals surface area contributed by atoms with Gasteiger partial charge in [-0.15, -0.1) is 0 Å². The molecule has 22 heavy (non-hydrogen) atoms. The summed E-state index contributed by atoms with van der Waals surface area (Å²) >= 11 is 0. The van der Waals surface area contributed by atoms with Crippen LogP contribution in [0.2, 0.25) is 0 Å². The van der Waals surface area contributed by atoms with Gasteiger partial charge in [0, 0.05) is 25.0 Å². The summed E-state index contributed by atoms with van der Waals surface area (Å²) in [7, 11) is 0. The summed E-state index contributed by atoms with van der Waals surface area (Å²) in [6, 6.07) is 11.5. The minimum atomic E-state index is -0.869. The lowest BCUT2D eigenvalue weighted by atomic mass is 10.2. The molecule has 1 aliphatic rings. The standard InChI is InChI=1S/C17H16F2N2O/c18-16-6-1-13(11-17(16)19)12-20-14-2-4-15(5-3-14)21-7-9-22-10-8-21/h1-6,11-12H,7-10H2. The van der Waals surface area contributed by atoms with Gasteiger partial charge in [0.05, 0.1) is 18.9 Å². The number of benzene rings is 2. The average Bonchev–Trinajstić information content (AvgIpc) is 2.57. The lowest BCUT2D eigenvalue weighted by molar-refractivity contribution is 0.122.